The Kier molecular flexibility index (Phi) is 3.56. The Labute approximate surface area is 134 Å². The lowest BCUT2D eigenvalue weighted by Crippen LogP contribution is -2.45. The molecule has 0 spiro atoms. The fraction of sp³-hybridized carbons (Fsp3) is 0.684. The summed E-state index contributed by atoms with van der Waals surface area (Å²) in [7, 11) is 1.73. The molecule has 2 saturated heterocycles. The number of anilines is 1. The number of piperidine rings is 2. The highest BCUT2D eigenvalue weighted by molar-refractivity contribution is 5.49. The lowest BCUT2D eigenvalue weighted by atomic mass is 10.00. The van der Waals surface area contributed by atoms with E-state index in [-0.39, 0.29) is 0 Å². The largest absolute Gasteiger partial charge is 0.497 e. The summed E-state index contributed by atoms with van der Waals surface area (Å²) < 4.78 is 5.25. The van der Waals surface area contributed by atoms with Crippen LogP contribution < -0.4 is 9.64 Å². The molecule has 1 aromatic carbocycles. The van der Waals surface area contributed by atoms with Gasteiger partial charge in [0.2, 0.25) is 0 Å². The van der Waals surface area contributed by atoms with E-state index in [9.17, 15) is 0 Å². The van der Waals surface area contributed by atoms with Gasteiger partial charge >= 0.3 is 0 Å². The first-order chi connectivity index (χ1) is 10.7. The van der Waals surface area contributed by atoms with Crippen LogP contribution in [0.15, 0.2) is 24.3 Å². The predicted molar refractivity (Wildman–Crippen MR) is 90.6 cm³/mol. The SMILES string of the molecule is CCC12CC1CN(C1CCN(c3ccc(OC)cc3)CC1)C2. The Morgan fingerprint density at radius 2 is 1.91 bits per heavy atom. The van der Waals surface area contributed by atoms with E-state index in [1.807, 2.05) is 0 Å². The Morgan fingerprint density at radius 3 is 2.50 bits per heavy atom. The second kappa shape index (κ2) is 5.45. The molecule has 1 aliphatic carbocycles. The quantitative estimate of drug-likeness (QED) is 0.847. The molecular weight excluding hydrogens is 272 g/mol. The van der Waals surface area contributed by atoms with E-state index in [0.29, 0.717) is 0 Å². The third kappa shape index (κ3) is 2.40. The second-order valence-corrected chi connectivity index (χ2v) is 7.46. The molecule has 2 heterocycles. The number of methoxy groups -OCH3 is 1. The van der Waals surface area contributed by atoms with Crippen molar-refractivity contribution in [1.82, 2.24) is 4.90 Å². The van der Waals surface area contributed by atoms with Crippen LogP contribution in [0.25, 0.3) is 0 Å². The smallest absolute Gasteiger partial charge is 0.119 e. The minimum atomic E-state index is 0.729. The summed E-state index contributed by atoms with van der Waals surface area (Å²) in [5.74, 6) is 1.97. The molecule has 0 aromatic heterocycles. The summed E-state index contributed by atoms with van der Waals surface area (Å²) in [4.78, 5) is 5.34. The van der Waals surface area contributed by atoms with Crippen molar-refractivity contribution in [3.8, 4) is 5.75 Å². The molecule has 3 aliphatic rings. The maximum atomic E-state index is 5.25. The van der Waals surface area contributed by atoms with Crippen LogP contribution in [0.4, 0.5) is 5.69 Å². The highest BCUT2D eigenvalue weighted by atomic mass is 16.5. The fourth-order valence-corrected chi connectivity index (χ4v) is 4.74. The molecule has 3 heteroatoms. The Hall–Kier alpha value is -1.22. The second-order valence-electron chi connectivity index (χ2n) is 7.46. The summed E-state index contributed by atoms with van der Waals surface area (Å²) in [5, 5.41) is 0. The molecule has 3 nitrogen and oxygen atoms in total. The van der Waals surface area contributed by atoms with E-state index in [1.54, 1.807) is 7.11 Å². The molecule has 2 atom stereocenters. The number of rotatable bonds is 4. The van der Waals surface area contributed by atoms with Gasteiger partial charge in [0.1, 0.15) is 5.75 Å². The van der Waals surface area contributed by atoms with Crippen molar-refractivity contribution in [1.29, 1.82) is 0 Å². The van der Waals surface area contributed by atoms with Crippen LogP contribution in [0, 0.1) is 11.3 Å². The molecular formula is C19H28N2O. The summed E-state index contributed by atoms with van der Waals surface area (Å²) in [6.45, 7) is 7.52. The Morgan fingerprint density at radius 1 is 1.18 bits per heavy atom. The molecule has 22 heavy (non-hydrogen) atoms. The fourth-order valence-electron chi connectivity index (χ4n) is 4.74. The molecule has 120 valence electrons. The van der Waals surface area contributed by atoms with Crippen LogP contribution in [0.5, 0.6) is 5.75 Å². The standard InChI is InChI=1S/C19H28N2O/c1-3-19-12-15(19)13-21(14-19)17-8-10-20(11-9-17)16-4-6-18(22-2)7-5-16/h4-7,15,17H,3,8-14H2,1-2H3. The summed E-state index contributed by atoms with van der Waals surface area (Å²) in [6.07, 6.45) is 5.53. The highest BCUT2D eigenvalue weighted by Gasteiger charge is 2.59. The topological polar surface area (TPSA) is 15.7 Å². The number of fused-ring (bicyclic) bond motifs is 1. The zero-order valence-corrected chi connectivity index (χ0v) is 13.9. The number of hydrogen-bond donors (Lipinski definition) is 0. The first-order valence-corrected chi connectivity index (χ1v) is 8.87. The van der Waals surface area contributed by atoms with E-state index in [2.05, 4.69) is 41.0 Å². The van der Waals surface area contributed by atoms with Gasteiger partial charge in [-0.1, -0.05) is 6.92 Å². The molecule has 2 unspecified atom stereocenters. The van der Waals surface area contributed by atoms with Crippen LogP contribution >= 0.6 is 0 Å². The molecule has 1 aromatic rings. The van der Waals surface area contributed by atoms with Gasteiger partial charge in [0.05, 0.1) is 7.11 Å². The molecule has 2 aliphatic heterocycles. The van der Waals surface area contributed by atoms with Gasteiger partial charge in [-0.25, -0.2) is 0 Å². The summed E-state index contributed by atoms with van der Waals surface area (Å²) in [6, 6.07) is 9.35. The predicted octanol–water partition coefficient (Wildman–Crippen LogP) is 3.40. The van der Waals surface area contributed by atoms with Crippen molar-refractivity contribution in [2.75, 3.05) is 38.2 Å². The van der Waals surface area contributed by atoms with Crippen molar-refractivity contribution in [2.24, 2.45) is 11.3 Å². The van der Waals surface area contributed by atoms with Crippen LogP contribution in [0.2, 0.25) is 0 Å². The van der Waals surface area contributed by atoms with Crippen molar-refractivity contribution >= 4 is 5.69 Å². The zero-order valence-electron chi connectivity index (χ0n) is 13.9. The van der Waals surface area contributed by atoms with Crippen LogP contribution in [-0.4, -0.2) is 44.2 Å². The number of nitrogens with zero attached hydrogens (tertiary/aromatic N) is 2. The van der Waals surface area contributed by atoms with E-state index in [4.69, 9.17) is 4.74 Å². The van der Waals surface area contributed by atoms with Crippen molar-refractivity contribution in [2.45, 2.75) is 38.6 Å². The first-order valence-electron chi connectivity index (χ1n) is 8.87. The van der Waals surface area contributed by atoms with Gasteiger partial charge in [-0.05, 0) is 61.3 Å². The normalized spacial score (nSPS) is 32.1. The summed E-state index contributed by atoms with van der Waals surface area (Å²) >= 11 is 0. The van der Waals surface area contributed by atoms with Crippen LogP contribution in [0.1, 0.15) is 32.6 Å². The summed E-state index contributed by atoms with van der Waals surface area (Å²) in [5.41, 5.74) is 2.07. The number of ether oxygens (including phenoxy) is 1. The van der Waals surface area contributed by atoms with E-state index in [0.717, 1.165) is 23.1 Å². The first kappa shape index (κ1) is 14.4. The molecule has 0 amide bonds. The van der Waals surface area contributed by atoms with E-state index >= 15 is 0 Å². The van der Waals surface area contributed by atoms with Gasteiger partial charge in [-0.15, -0.1) is 0 Å². The van der Waals surface area contributed by atoms with Crippen LogP contribution in [-0.2, 0) is 0 Å². The third-order valence-corrected chi connectivity index (χ3v) is 6.45. The molecule has 0 bridgehead atoms. The third-order valence-electron chi connectivity index (χ3n) is 6.45. The minimum absolute atomic E-state index is 0.729. The maximum Gasteiger partial charge on any atom is 0.119 e. The number of benzene rings is 1. The molecule has 1 saturated carbocycles. The zero-order chi connectivity index (χ0) is 15.2. The molecule has 4 rings (SSSR count). The van der Waals surface area contributed by atoms with Crippen molar-refractivity contribution < 1.29 is 4.74 Å². The van der Waals surface area contributed by atoms with Gasteiger partial charge in [0.15, 0.2) is 0 Å². The monoisotopic (exact) mass is 300 g/mol. The minimum Gasteiger partial charge on any atom is -0.497 e. The van der Waals surface area contributed by atoms with Crippen molar-refractivity contribution in [3.05, 3.63) is 24.3 Å². The Balaban J connectivity index is 1.33. The maximum absolute atomic E-state index is 5.25. The average Bonchev–Trinajstić information content (AvgIpc) is 3.16. The Bertz CT molecular complexity index is 517. The molecule has 0 radical (unpaired) electrons. The van der Waals surface area contributed by atoms with E-state index < -0.39 is 0 Å². The van der Waals surface area contributed by atoms with Crippen molar-refractivity contribution in [3.63, 3.8) is 0 Å². The lowest BCUT2D eigenvalue weighted by molar-refractivity contribution is 0.175. The average molecular weight is 300 g/mol. The van der Waals surface area contributed by atoms with Gasteiger partial charge in [0.25, 0.3) is 0 Å². The number of likely N-dealkylation sites (tertiary alicyclic amines) is 1. The van der Waals surface area contributed by atoms with Gasteiger partial charge < -0.3 is 9.64 Å². The number of hydrogen-bond acceptors (Lipinski definition) is 3. The lowest BCUT2D eigenvalue weighted by Gasteiger charge is -2.39. The molecule has 3 fully saturated rings. The van der Waals surface area contributed by atoms with Gasteiger partial charge in [0, 0.05) is 37.9 Å². The van der Waals surface area contributed by atoms with Gasteiger partial charge in [-0.2, -0.15) is 0 Å². The van der Waals surface area contributed by atoms with Gasteiger partial charge in [-0.3, -0.25) is 4.90 Å². The van der Waals surface area contributed by atoms with Crippen LogP contribution in [0.3, 0.4) is 0 Å². The van der Waals surface area contributed by atoms with E-state index in [1.165, 1.54) is 57.5 Å². The highest BCUT2D eigenvalue weighted by Crippen LogP contribution is 2.60. The molecule has 0 N–H and O–H groups in total.